The van der Waals surface area contributed by atoms with E-state index >= 15 is 0 Å². The molecule has 1 saturated heterocycles. The number of anilines is 5. The number of carboxylic acids is 1. The van der Waals surface area contributed by atoms with E-state index in [0.717, 1.165) is 76.7 Å². The summed E-state index contributed by atoms with van der Waals surface area (Å²) in [6, 6.07) is 49.9. The first-order valence-corrected chi connectivity index (χ1v) is 53.4. The summed E-state index contributed by atoms with van der Waals surface area (Å²) in [5, 5.41) is 11.4. The van der Waals surface area contributed by atoms with Crippen LogP contribution in [0, 0.1) is 17.8 Å². The molecule has 114 heavy (non-hydrogen) atoms. The highest BCUT2D eigenvalue weighted by Crippen LogP contribution is 2.38. The molecule has 25 heteroatoms. The van der Waals surface area contributed by atoms with E-state index in [-0.39, 0.29) is 36.8 Å². The zero-order chi connectivity index (χ0) is 86.5. The van der Waals surface area contributed by atoms with Crippen molar-refractivity contribution in [3.8, 4) is 5.75 Å². The number of esters is 1. The van der Waals surface area contributed by atoms with Crippen molar-refractivity contribution in [1.82, 2.24) is 0 Å². The van der Waals surface area contributed by atoms with E-state index in [1.165, 1.54) is 5.56 Å². The van der Waals surface area contributed by atoms with Crippen LogP contribution < -0.4 is 14.5 Å². The van der Waals surface area contributed by atoms with Crippen LogP contribution in [-0.2, 0) is 59.5 Å². The Labute approximate surface area is 712 Å². The fourth-order valence-corrected chi connectivity index (χ4v) is 23.2. The monoisotopic (exact) mass is 1730 g/mol. The number of carbonyl (C=O) groups is 2. The summed E-state index contributed by atoms with van der Waals surface area (Å²) < 4.78 is 68.0. The smallest absolute Gasteiger partial charge is 0.491 e. The summed E-state index contributed by atoms with van der Waals surface area (Å²) in [6.45, 7) is 59.7. The summed E-state index contributed by atoms with van der Waals surface area (Å²) in [5.41, 5.74) is 6.09. The minimum Gasteiger partial charge on any atom is -0.491 e. The number of hydrogen-bond donors (Lipinski definition) is 1. The molecular weight excluding hydrogens is 1590 g/mol. The molecular formula is C89H142Cl4N2O15Si4. The zero-order valence-electron chi connectivity index (χ0n) is 73.9. The molecule has 1 aliphatic heterocycles. The Kier molecular flexibility index (Phi) is 52.3. The number of benzene rings is 6. The lowest BCUT2D eigenvalue weighted by molar-refractivity contribution is -0.167. The Morgan fingerprint density at radius 2 is 0.904 bits per heavy atom. The topological polar surface area (TPSA) is 172 Å². The average Bonchev–Trinajstić information content (AvgIpc) is 0.945. The molecule has 0 aromatic heterocycles. The van der Waals surface area contributed by atoms with Crippen LogP contribution >= 0.6 is 46.4 Å². The van der Waals surface area contributed by atoms with Crippen LogP contribution in [0.4, 0.5) is 28.4 Å². The molecule has 1 aliphatic rings. The van der Waals surface area contributed by atoms with Crippen LogP contribution in [0.15, 0.2) is 158 Å². The maximum Gasteiger partial charge on any atom is 0.647 e. The number of aliphatic carboxylic acids is 1. The van der Waals surface area contributed by atoms with Gasteiger partial charge < -0.3 is 69.6 Å². The molecule has 7 rings (SSSR count). The normalized spacial score (nSPS) is 12.9. The second-order valence-electron chi connectivity index (χ2n) is 32.5. The number of halogens is 4. The van der Waals surface area contributed by atoms with Crippen molar-refractivity contribution in [2.75, 3.05) is 69.8 Å². The van der Waals surface area contributed by atoms with E-state index in [1.807, 2.05) is 204 Å². The van der Waals surface area contributed by atoms with Crippen LogP contribution in [0.1, 0.15) is 155 Å². The standard InChI is InChI=1S/C23H23Cl2NO2.C15H15Cl2N.C12H34O4Si4.C12H22O4.C11H14.C8H18O3.C8H16O2/c1-17(2)27-15-16-28-23-13-11-22(12-14-23)26(20-7-3-18(24)4-8-20)21-9-5-19(25)6-10-21;1-11(2)18(14-7-3-12(16)4-8-14)15-9-5-13(17)6-10-15;1-12(2)13-20(14-17(3,4)5,15-18(6,7)8)16-19(9,10)11;1-5-12(6-2,9(3)4)16-11(15)8-7-10(13)14;1-10(2)8-9-11-6-4-3-5-7-11;1-8(2)11-7-6-10-5-4-9-3;1-7(2)6-8(3)9-4-5-10-8/h3-14,17H,15-16H2,1-2H3;3-11H,1-2H3;12H,1-11H3;9H,5-8H2,1-4H3,(H,13,14);3-10H,1-2H3;8H,4-7H2,1-3H3;7H,4-6H2,1-3H3/b;;;;9-8+;;. The molecule has 0 amide bonds. The number of carboxylic acid groups (broad SMARTS) is 1. The highest BCUT2D eigenvalue weighted by atomic mass is 35.5. The first-order valence-electron chi connectivity index (χ1n) is 40.1. The molecule has 0 atom stereocenters. The van der Waals surface area contributed by atoms with Gasteiger partial charge >= 0.3 is 21.0 Å². The summed E-state index contributed by atoms with van der Waals surface area (Å²) in [4.78, 5) is 26.2. The number of methoxy groups -OCH3 is 1. The molecule has 0 radical (unpaired) electrons. The predicted molar refractivity (Wildman–Crippen MR) is 488 cm³/mol. The first-order chi connectivity index (χ1) is 53.2. The van der Waals surface area contributed by atoms with Crippen molar-refractivity contribution in [1.29, 1.82) is 0 Å². The molecule has 17 nitrogen and oxygen atoms in total. The SMILES string of the molecule is CC(C)/C=C/c1ccccc1.CC(C)CC1(C)OCCO1.CC(C)N(c1ccc(Cl)cc1)c1ccc(Cl)cc1.CC(C)OCCOc1ccc(N(c2ccc(Cl)cc2)c2ccc(Cl)cc2)cc1.CC(C)O[Si](O[Si](C)(C)C)(O[Si](C)(C)C)O[Si](C)(C)C.CCC(CC)(OC(=O)CCC(=O)O)C(C)C.COCCOCCOC(C)C. The van der Waals surface area contributed by atoms with Gasteiger partial charge in [-0.25, -0.2) is 0 Å². The van der Waals surface area contributed by atoms with Gasteiger partial charge in [-0.15, -0.1) is 0 Å². The minimum atomic E-state index is -3.08. The third-order valence-corrected chi connectivity index (χ3v) is 28.0. The van der Waals surface area contributed by atoms with Gasteiger partial charge in [-0.3, -0.25) is 9.59 Å². The number of allylic oxidation sites excluding steroid dienone is 1. The van der Waals surface area contributed by atoms with E-state index in [9.17, 15) is 9.59 Å². The van der Waals surface area contributed by atoms with Crippen LogP contribution in [0.3, 0.4) is 0 Å². The van der Waals surface area contributed by atoms with E-state index in [2.05, 4.69) is 147 Å². The molecule has 6 aromatic carbocycles. The fourth-order valence-electron chi connectivity index (χ4n) is 10.9. The van der Waals surface area contributed by atoms with Crippen molar-refractivity contribution in [3.63, 3.8) is 0 Å². The molecule has 0 saturated carbocycles. The third kappa shape index (κ3) is 49.4. The maximum absolute atomic E-state index is 11.5. The van der Waals surface area contributed by atoms with Crippen molar-refractivity contribution in [2.45, 2.75) is 244 Å². The predicted octanol–water partition coefficient (Wildman–Crippen LogP) is 26.0. The largest absolute Gasteiger partial charge is 0.647 e. The van der Waals surface area contributed by atoms with Crippen molar-refractivity contribution in [2.24, 2.45) is 17.8 Å². The van der Waals surface area contributed by atoms with Gasteiger partial charge in [-0.05, 0) is 279 Å². The van der Waals surface area contributed by atoms with Crippen molar-refractivity contribution < 1.29 is 69.4 Å². The van der Waals surface area contributed by atoms with Gasteiger partial charge in [0.05, 0.1) is 71.3 Å². The van der Waals surface area contributed by atoms with E-state index in [0.29, 0.717) is 73.7 Å². The summed E-state index contributed by atoms with van der Waals surface area (Å²) in [6.07, 6.45) is 7.17. The molecule has 0 spiro atoms. The van der Waals surface area contributed by atoms with E-state index < -0.39 is 51.5 Å². The molecule has 642 valence electrons. The van der Waals surface area contributed by atoms with E-state index in [1.54, 1.807) is 7.11 Å². The summed E-state index contributed by atoms with van der Waals surface area (Å²) in [7, 11) is -6.90. The Bertz CT molecular complexity index is 3380. The number of rotatable bonds is 37. The number of nitrogens with zero attached hydrogens (tertiary/aromatic N) is 2. The lowest BCUT2D eigenvalue weighted by Gasteiger charge is -2.41. The Morgan fingerprint density at radius 1 is 0.518 bits per heavy atom. The molecule has 0 bridgehead atoms. The lowest BCUT2D eigenvalue weighted by Crippen LogP contribution is -2.63. The quantitative estimate of drug-likeness (QED) is 0.0222. The van der Waals surface area contributed by atoms with Crippen LogP contribution in [-0.4, -0.2) is 147 Å². The fraction of sp³-hybridized carbons (Fsp3) is 0.551. The lowest BCUT2D eigenvalue weighted by atomic mass is 9.85. The van der Waals surface area contributed by atoms with Crippen LogP contribution in [0.25, 0.3) is 6.08 Å². The number of ether oxygens (including phenoxy) is 8. The summed E-state index contributed by atoms with van der Waals surface area (Å²) >= 11 is 24.0. The van der Waals surface area contributed by atoms with Gasteiger partial charge in [0, 0.05) is 74.2 Å². The molecule has 0 aliphatic carbocycles. The molecule has 1 fully saturated rings. The van der Waals surface area contributed by atoms with Gasteiger partial charge in [0.15, 0.2) is 30.7 Å². The van der Waals surface area contributed by atoms with Gasteiger partial charge in [-0.1, -0.05) is 144 Å². The van der Waals surface area contributed by atoms with Crippen molar-refractivity contribution >= 4 is 127 Å². The second-order valence-corrected chi connectivity index (χ2v) is 50.6. The molecule has 1 heterocycles. The van der Waals surface area contributed by atoms with E-state index in [4.69, 9.17) is 106 Å². The zero-order valence-corrected chi connectivity index (χ0v) is 80.9. The van der Waals surface area contributed by atoms with Gasteiger partial charge in [0.25, 0.3) is 0 Å². The molecule has 6 aromatic rings. The number of hydrogen-bond acceptors (Lipinski definition) is 16. The van der Waals surface area contributed by atoms with Crippen LogP contribution in [0.5, 0.6) is 5.75 Å². The Balaban J connectivity index is 0.000000685. The second kappa shape index (κ2) is 55.7. The number of carbonyl (C=O) groups excluding carboxylic acids is 1. The Hall–Kier alpha value is -4.97. The Morgan fingerprint density at radius 3 is 1.24 bits per heavy atom. The highest BCUT2D eigenvalue weighted by molar-refractivity contribution is 6.87. The van der Waals surface area contributed by atoms with Gasteiger partial charge in [0.1, 0.15) is 18.0 Å². The van der Waals surface area contributed by atoms with Crippen LogP contribution in [0.2, 0.25) is 79.0 Å². The first kappa shape index (κ1) is 107. The third-order valence-electron chi connectivity index (χ3n) is 15.8. The maximum atomic E-state index is 11.5. The minimum absolute atomic E-state index is 0.0331. The molecule has 1 N–H and O–H groups in total. The van der Waals surface area contributed by atoms with Gasteiger partial charge in [-0.2, -0.15) is 0 Å². The van der Waals surface area contributed by atoms with Gasteiger partial charge in [0.2, 0.25) is 0 Å². The average molecular weight is 1730 g/mol. The molecule has 0 unspecified atom stereocenters. The highest BCUT2D eigenvalue weighted by Gasteiger charge is 2.54. The van der Waals surface area contributed by atoms with Crippen molar-refractivity contribution in [3.05, 3.63) is 183 Å². The summed E-state index contributed by atoms with van der Waals surface area (Å²) in [5.74, 6) is 0.645.